The Hall–Kier alpha value is -1.54. The molecule has 0 radical (unpaired) electrons. The summed E-state index contributed by atoms with van der Waals surface area (Å²) in [4.78, 5) is 26.2. The quantitative estimate of drug-likeness (QED) is 0.509. The van der Waals surface area contributed by atoms with E-state index in [1.54, 1.807) is 0 Å². The number of carbonyl (C=O) groups is 1. The fourth-order valence-electron chi connectivity index (χ4n) is 1.79. The highest BCUT2D eigenvalue weighted by Crippen LogP contribution is 2.09. The van der Waals surface area contributed by atoms with Crippen LogP contribution in [0.3, 0.4) is 0 Å². The Balaban J connectivity index is 0.00000264. The van der Waals surface area contributed by atoms with Crippen molar-refractivity contribution >= 4 is 22.8 Å². The molecule has 0 spiro atoms. The molecule has 0 unspecified atom stereocenters. The van der Waals surface area contributed by atoms with Crippen LogP contribution >= 0.6 is 11.8 Å². The second-order valence-corrected chi connectivity index (χ2v) is 6.08. The lowest BCUT2D eigenvalue weighted by Crippen LogP contribution is -3.00. The molecule has 23 heavy (non-hydrogen) atoms. The van der Waals surface area contributed by atoms with Crippen LogP contribution < -0.4 is 26.4 Å². The first-order valence-electron chi connectivity index (χ1n) is 7.10. The van der Waals surface area contributed by atoms with Crippen LogP contribution in [-0.2, 0) is 17.8 Å². The van der Waals surface area contributed by atoms with Gasteiger partial charge >= 0.3 is 0 Å². The van der Waals surface area contributed by atoms with E-state index in [0.29, 0.717) is 31.1 Å². The lowest BCUT2D eigenvalue weighted by molar-refractivity contribution is -0.695. The molecule has 8 heteroatoms. The molecule has 2 rings (SSSR count). The zero-order valence-electron chi connectivity index (χ0n) is 13.2. The second-order valence-electron chi connectivity index (χ2n) is 4.93. The van der Waals surface area contributed by atoms with Crippen LogP contribution in [0.5, 0.6) is 0 Å². The first-order valence-corrected chi connectivity index (χ1v) is 8.08. The van der Waals surface area contributed by atoms with Gasteiger partial charge in [-0.25, -0.2) is 14.5 Å². The topological polar surface area (TPSA) is 62.9 Å². The summed E-state index contributed by atoms with van der Waals surface area (Å²) in [5, 5.41) is 0.193. The monoisotopic (exact) mass is 397 g/mol. The maximum absolute atomic E-state index is 11.9. The average Bonchev–Trinajstić information content (AvgIpc) is 2.54. The molecule has 6 nitrogen and oxygen atoms in total. The van der Waals surface area contributed by atoms with Gasteiger partial charge in [-0.05, 0) is 0 Å². The van der Waals surface area contributed by atoms with Crippen molar-refractivity contribution in [2.75, 3.05) is 24.7 Å². The number of carbonyl (C=O) groups excluding carboxylic acids is 1. The second kappa shape index (κ2) is 10.3. The van der Waals surface area contributed by atoms with Crippen molar-refractivity contribution in [3.63, 3.8) is 0 Å². The van der Waals surface area contributed by atoms with Gasteiger partial charge in [-0.3, -0.25) is 4.79 Å². The Morgan fingerprint density at radius 2 is 1.96 bits per heavy atom. The zero-order valence-corrected chi connectivity index (χ0v) is 15.6. The normalized spacial score (nSPS) is 10.0. The number of aryl methyl sites for hydroxylation is 2. The Morgan fingerprint density at radius 3 is 2.65 bits per heavy atom. The van der Waals surface area contributed by atoms with Crippen molar-refractivity contribution in [1.29, 1.82) is 0 Å². The Kier molecular flexibility index (Phi) is 8.71. The predicted molar refractivity (Wildman–Crippen MR) is 86.6 cm³/mol. The summed E-state index contributed by atoms with van der Waals surface area (Å²) >= 11 is 1.34. The van der Waals surface area contributed by atoms with Crippen molar-refractivity contribution in [1.82, 2.24) is 15.0 Å². The Morgan fingerprint density at radius 1 is 1.22 bits per heavy atom. The lowest BCUT2D eigenvalue weighted by Gasteiger charge is -2.09. The minimum Gasteiger partial charge on any atom is -1.00 e. The number of thioether (sulfide) groups is 1. The summed E-state index contributed by atoms with van der Waals surface area (Å²) in [7, 11) is 3.78. The molecule has 2 aromatic rings. The smallest absolute Gasteiger partial charge is 0.228 e. The van der Waals surface area contributed by atoms with Gasteiger partial charge in [0, 0.05) is 38.4 Å². The van der Waals surface area contributed by atoms with Crippen LogP contribution in [0.1, 0.15) is 12.2 Å². The van der Waals surface area contributed by atoms with Gasteiger partial charge in [0.05, 0.1) is 6.42 Å². The van der Waals surface area contributed by atoms with Crippen molar-refractivity contribution in [3.8, 4) is 0 Å². The molecule has 0 saturated heterocycles. The van der Waals surface area contributed by atoms with Crippen LogP contribution in [-0.4, -0.2) is 39.9 Å². The third-order valence-corrected chi connectivity index (χ3v) is 3.88. The number of hydrogen-bond donors (Lipinski definition) is 0. The number of pyridine rings is 1. The van der Waals surface area contributed by atoms with Gasteiger partial charge in [0.2, 0.25) is 5.95 Å². The Labute approximate surface area is 151 Å². The number of aromatic nitrogens is 4. The highest BCUT2D eigenvalue weighted by Gasteiger charge is 2.08. The zero-order chi connectivity index (χ0) is 15.8. The molecule has 0 aliphatic carbocycles. The largest absolute Gasteiger partial charge is 1.00 e. The van der Waals surface area contributed by atoms with Gasteiger partial charge in [0.1, 0.15) is 12.2 Å². The maximum Gasteiger partial charge on any atom is 0.228 e. The third-order valence-electron chi connectivity index (χ3n) is 2.95. The molecule has 124 valence electrons. The SMILES string of the molecule is CN(C)c1ncnc(CCSC(=O)CC[n+]2ccccc2)n1.[Br-]. The minimum atomic E-state index is 0. The van der Waals surface area contributed by atoms with E-state index in [-0.39, 0.29) is 22.1 Å². The van der Waals surface area contributed by atoms with Crippen molar-refractivity contribution < 1.29 is 26.3 Å². The van der Waals surface area contributed by atoms with Crippen LogP contribution in [0, 0.1) is 0 Å². The van der Waals surface area contributed by atoms with Gasteiger partial charge < -0.3 is 21.9 Å². The molecule has 0 aromatic carbocycles. The Bertz CT molecular complexity index is 612. The number of nitrogens with zero attached hydrogens (tertiary/aromatic N) is 5. The van der Waals surface area contributed by atoms with E-state index in [0.717, 1.165) is 5.82 Å². The number of anilines is 1. The van der Waals surface area contributed by atoms with E-state index in [9.17, 15) is 4.79 Å². The van der Waals surface area contributed by atoms with Gasteiger partial charge in [0.15, 0.2) is 24.1 Å². The molecule has 2 heterocycles. The van der Waals surface area contributed by atoms with Crippen LogP contribution in [0.4, 0.5) is 5.95 Å². The molecule has 0 atom stereocenters. The van der Waals surface area contributed by atoms with Crippen molar-refractivity contribution in [2.45, 2.75) is 19.4 Å². The first-order chi connectivity index (χ1) is 10.6. The van der Waals surface area contributed by atoms with Gasteiger partial charge in [0.25, 0.3) is 0 Å². The summed E-state index contributed by atoms with van der Waals surface area (Å²) < 4.78 is 2.01. The summed E-state index contributed by atoms with van der Waals surface area (Å²) in [5.74, 6) is 2.05. The molecule has 0 aliphatic heterocycles. The fourth-order valence-corrected chi connectivity index (χ4v) is 2.54. The van der Waals surface area contributed by atoms with E-state index in [2.05, 4.69) is 15.0 Å². The predicted octanol–water partition coefficient (Wildman–Crippen LogP) is -1.88. The van der Waals surface area contributed by atoms with E-state index >= 15 is 0 Å². The molecule has 0 amide bonds. The number of hydrogen-bond acceptors (Lipinski definition) is 6. The number of halogens is 1. The molecule has 2 aromatic heterocycles. The van der Waals surface area contributed by atoms with Gasteiger partial charge in [-0.1, -0.05) is 17.8 Å². The van der Waals surface area contributed by atoms with Crippen LogP contribution in [0.25, 0.3) is 0 Å². The molecule has 0 aliphatic rings. The van der Waals surface area contributed by atoms with Gasteiger partial charge in [-0.15, -0.1) is 0 Å². The van der Waals surface area contributed by atoms with E-state index in [1.165, 1.54) is 18.1 Å². The highest BCUT2D eigenvalue weighted by atomic mass is 79.9. The summed E-state index contributed by atoms with van der Waals surface area (Å²) in [6, 6.07) is 5.88. The molecule has 0 bridgehead atoms. The summed E-state index contributed by atoms with van der Waals surface area (Å²) in [5.41, 5.74) is 0. The molecule has 0 fully saturated rings. The van der Waals surface area contributed by atoms with Crippen LogP contribution in [0.15, 0.2) is 36.9 Å². The molecular formula is C15H20BrN5OS. The summed E-state index contributed by atoms with van der Waals surface area (Å²) in [6.07, 6.45) is 6.63. The molecule has 0 N–H and O–H groups in total. The number of rotatable bonds is 7. The van der Waals surface area contributed by atoms with E-state index in [1.807, 2.05) is 54.2 Å². The van der Waals surface area contributed by atoms with E-state index in [4.69, 9.17) is 0 Å². The van der Waals surface area contributed by atoms with E-state index < -0.39 is 0 Å². The summed E-state index contributed by atoms with van der Waals surface area (Å²) in [6.45, 7) is 0.712. The standard InChI is InChI=1S/C15H20N5OS.BrH/c1-19(2)15-17-12-16-13(18-15)7-11-22-14(21)6-10-20-8-4-3-5-9-20;/h3-5,8-9,12H,6-7,10-11H2,1-2H3;1H/q+1;/p-1. The highest BCUT2D eigenvalue weighted by molar-refractivity contribution is 8.13. The fraction of sp³-hybridized carbons (Fsp3) is 0.400. The van der Waals surface area contributed by atoms with Crippen LogP contribution in [0.2, 0.25) is 0 Å². The third kappa shape index (κ3) is 7.04. The minimum absolute atomic E-state index is 0. The van der Waals surface area contributed by atoms with Gasteiger partial charge in [-0.2, -0.15) is 4.98 Å². The maximum atomic E-state index is 11.9. The lowest BCUT2D eigenvalue weighted by atomic mass is 10.4. The van der Waals surface area contributed by atoms with Crippen molar-refractivity contribution in [2.24, 2.45) is 0 Å². The molecular weight excluding hydrogens is 378 g/mol. The average molecular weight is 398 g/mol. The van der Waals surface area contributed by atoms with Crippen molar-refractivity contribution in [3.05, 3.63) is 42.7 Å². The molecule has 0 saturated carbocycles. The first kappa shape index (κ1) is 19.5.